The zero-order chi connectivity index (χ0) is 18.2. The van der Waals surface area contributed by atoms with Gasteiger partial charge in [0.1, 0.15) is 28.7 Å². The Morgan fingerprint density at radius 2 is 0.920 bits per heavy atom. The Balaban J connectivity index is 2.37. The van der Waals surface area contributed by atoms with E-state index in [0.717, 1.165) is 12.1 Å². The average Bonchev–Trinajstić information content (AvgIpc) is 2.52. The van der Waals surface area contributed by atoms with E-state index in [4.69, 9.17) is 0 Å². The summed E-state index contributed by atoms with van der Waals surface area (Å²) >= 11 is 0. The molecule has 3 aromatic carbocycles. The number of hydrogen-bond donors (Lipinski definition) is 5. The molecule has 3 aromatic rings. The van der Waals surface area contributed by atoms with Crippen LogP contribution in [0.15, 0.2) is 60.7 Å². The molecule has 5 N–H and O–H groups in total. The van der Waals surface area contributed by atoms with Crippen LogP contribution >= 0.6 is 7.14 Å². The van der Waals surface area contributed by atoms with Gasteiger partial charge in [-0.05, 0) is 36.4 Å². The SMILES string of the molecule is O=P(c1cccc(O)c1)(c1cc(O)cc(O)c1)c1cc(O)cc(O)c1. The van der Waals surface area contributed by atoms with E-state index in [2.05, 4.69) is 0 Å². The first-order chi connectivity index (χ1) is 11.8. The topological polar surface area (TPSA) is 118 Å². The minimum atomic E-state index is -3.71. The molecule has 0 aromatic heterocycles. The minimum absolute atomic E-state index is 0.0839. The number of rotatable bonds is 3. The van der Waals surface area contributed by atoms with Gasteiger partial charge in [0.15, 0.2) is 7.14 Å². The summed E-state index contributed by atoms with van der Waals surface area (Å²) in [6.07, 6.45) is 0. The number of phenolic OH excluding ortho intramolecular Hbond substituents is 5. The van der Waals surface area contributed by atoms with Gasteiger partial charge in [0.05, 0.1) is 0 Å². The molecule has 0 aliphatic heterocycles. The molecule has 0 aliphatic rings. The summed E-state index contributed by atoms with van der Waals surface area (Å²) in [7, 11) is -3.71. The van der Waals surface area contributed by atoms with Gasteiger partial charge in [-0.2, -0.15) is 0 Å². The molecule has 0 unspecified atom stereocenters. The summed E-state index contributed by atoms with van der Waals surface area (Å²) in [5, 5.41) is 49.3. The molecule has 0 bridgehead atoms. The van der Waals surface area contributed by atoms with Gasteiger partial charge in [0, 0.05) is 28.0 Å². The molecule has 7 heteroatoms. The van der Waals surface area contributed by atoms with Gasteiger partial charge < -0.3 is 30.1 Å². The van der Waals surface area contributed by atoms with E-state index in [0.29, 0.717) is 0 Å². The predicted octanol–water partition coefficient (Wildman–Crippen LogP) is 1.85. The predicted molar refractivity (Wildman–Crippen MR) is 94.2 cm³/mol. The fraction of sp³-hybridized carbons (Fsp3) is 0. The number of hydrogen-bond acceptors (Lipinski definition) is 6. The molecule has 3 rings (SSSR count). The van der Waals surface area contributed by atoms with E-state index >= 15 is 0 Å². The summed E-state index contributed by atoms with van der Waals surface area (Å²) in [5.41, 5.74) is 0. The first-order valence-electron chi connectivity index (χ1n) is 7.26. The molecule has 25 heavy (non-hydrogen) atoms. The number of benzene rings is 3. The highest BCUT2D eigenvalue weighted by Gasteiger charge is 2.32. The molecular weight excluding hydrogens is 343 g/mol. The van der Waals surface area contributed by atoms with Crippen LogP contribution in [0, 0.1) is 0 Å². The van der Waals surface area contributed by atoms with Crippen molar-refractivity contribution < 1.29 is 30.1 Å². The lowest BCUT2D eigenvalue weighted by atomic mass is 10.3. The minimum Gasteiger partial charge on any atom is -0.508 e. The molecule has 0 saturated carbocycles. The van der Waals surface area contributed by atoms with Crippen LogP contribution < -0.4 is 15.9 Å². The molecule has 0 amide bonds. The van der Waals surface area contributed by atoms with E-state index < -0.39 is 7.14 Å². The standard InChI is InChI=1S/C18H15O6P/c19-11-2-1-3-16(6-11)25(24,17-7-12(20)4-13(21)8-17)18-9-14(22)5-15(23)10-18/h1-10,19-23H. The third kappa shape index (κ3) is 3.12. The van der Waals surface area contributed by atoms with Crippen molar-refractivity contribution in [1.29, 1.82) is 0 Å². The lowest BCUT2D eigenvalue weighted by molar-refractivity contribution is 0.450. The summed E-state index contributed by atoms with van der Waals surface area (Å²) in [6, 6.07) is 12.8. The lowest BCUT2D eigenvalue weighted by Gasteiger charge is -2.21. The quantitative estimate of drug-likeness (QED) is 0.456. The van der Waals surface area contributed by atoms with Crippen molar-refractivity contribution in [3.63, 3.8) is 0 Å². The van der Waals surface area contributed by atoms with Crippen LogP contribution in [0.5, 0.6) is 28.7 Å². The highest BCUT2D eigenvalue weighted by Crippen LogP contribution is 2.45. The second kappa shape index (κ2) is 6.07. The van der Waals surface area contributed by atoms with E-state index in [9.17, 15) is 30.1 Å². The van der Waals surface area contributed by atoms with E-state index in [1.54, 1.807) is 0 Å². The zero-order valence-corrected chi connectivity index (χ0v) is 13.8. The van der Waals surface area contributed by atoms with Gasteiger partial charge >= 0.3 is 0 Å². The highest BCUT2D eigenvalue weighted by molar-refractivity contribution is 7.85. The van der Waals surface area contributed by atoms with Crippen molar-refractivity contribution in [3.05, 3.63) is 60.7 Å². The van der Waals surface area contributed by atoms with Crippen molar-refractivity contribution in [2.45, 2.75) is 0 Å². The van der Waals surface area contributed by atoms with Crippen LogP contribution in [-0.4, -0.2) is 25.5 Å². The Morgan fingerprint density at radius 3 is 1.32 bits per heavy atom. The van der Waals surface area contributed by atoms with Crippen molar-refractivity contribution >= 4 is 23.1 Å². The lowest BCUT2D eigenvalue weighted by Crippen LogP contribution is -2.25. The second-order valence-corrected chi connectivity index (χ2v) is 8.31. The fourth-order valence-electron chi connectivity index (χ4n) is 2.66. The molecule has 0 fully saturated rings. The maximum atomic E-state index is 14.0. The van der Waals surface area contributed by atoms with Gasteiger partial charge in [-0.15, -0.1) is 0 Å². The normalized spacial score (nSPS) is 11.4. The van der Waals surface area contributed by atoms with E-state index in [1.165, 1.54) is 48.5 Å². The first-order valence-corrected chi connectivity index (χ1v) is 8.96. The van der Waals surface area contributed by atoms with Crippen LogP contribution in [0.3, 0.4) is 0 Å². The number of aromatic hydroxyl groups is 5. The van der Waals surface area contributed by atoms with Crippen LogP contribution in [0.25, 0.3) is 0 Å². The van der Waals surface area contributed by atoms with E-state index in [-0.39, 0.29) is 44.7 Å². The van der Waals surface area contributed by atoms with E-state index in [1.807, 2.05) is 0 Å². The summed E-state index contributed by atoms with van der Waals surface area (Å²) < 4.78 is 14.0. The largest absolute Gasteiger partial charge is 0.508 e. The maximum Gasteiger partial charge on any atom is 0.171 e. The van der Waals surface area contributed by atoms with Gasteiger partial charge in [-0.3, -0.25) is 0 Å². The van der Waals surface area contributed by atoms with Crippen molar-refractivity contribution in [1.82, 2.24) is 0 Å². The molecule has 0 heterocycles. The van der Waals surface area contributed by atoms with Crippen molar-refractivity contribution in [2.24, 2.45) is 0 Å². The maximum absolute atomic E-state index is 14.0. The molecule has 128 valence electrons. The van der Waals surface area contributed by atoms with Crippen molar-refractivity contribution in [2.75, 3.05) is 0 Å². The summed E-state index contributed by atoms with van der Waals surface area (Å²) in [5.74, 6) is -1.29. The van der Waals surface area contributed by atoms with Crippen LogP contribution in [0.1, 0.15) is 0 Å². The third-order valence-corrected chi connectivity index (χ3v) is 6.67. The van der Waals surface area contributed by atoms with Crippen LogP contribution in [-0.2, 0) is 4.57 Å². The molecule has 0 spiro atoms. The summed E-state index contributed by atoms with van der Waals surface area (Å²) in [6.45, 7) is 0. The number of phenols is 5. The molecule has 0 aliphatic carbocycles. The molecular formula is C18H15O6P. The Hall–Kier alpha value is -3.11. The Bertz CT molecular complexity index is 903. The van der Waals surface area contributed by atoms with Gasteiger partial charge in [0.2, 0.25) is 0 Å². The third-order valence-electron chi connectivity index (χ3n) is 3.70. The van der Waals surface area contributed by atoms with Gasteiger partial charge in [0.25, 0.3) is 0 Å². The fourth-order valence-corrected chi connectivity index (χ4v) is 5.42. The monoisotopic (exact) mass is 358 g/mol. The second-order valence-electron chi connectivity index (χ2n) is 5.54. The van der Waals surface area contributed by atoms with Crippen LogP contribution in [0.4, 0.5) is 0 Å². The van der Waals surface area contributed by atoms with Crippen LogP contribution in [0.2, 0.25) is 0 Å². The zero-order valence-electron chi connectivity index (χ0n) is 12.9. The Morgan fingerprint density at radius 1 is 0.520 bits per heavy atom. The Kier molecular flexibility index (Phi) is 4.07. The van der Waals surface area contributed by atoms with Gasteiger partial charge in [-0.25, -0.2) is 0 Å². The Labute approximate surface area is 143 Å². The molecule has 6 nitrogen and oxygen atoms in total. The molecule has 0 atom stereocenters. The molecule has 0 radical (unpaired) electrons. The van der Waals surface area contributed by atoms with Gasteiger partial charge in [-0.1, -0.05) is 12.1 Å². The van der Waals surface area contributed by atoms with Crippen molar-refractivity contribution in [3.8, 4) is 28.7 Å². The highest BCUT2D eigenvalue weighted by atomic mass is 31.2. The smallest absolute Gasteiger partial charge is 0.171 e. The summed E-state index contributed by atoms with van der Waals surface area (Å²) in [4.78, 5) is 0. The average molecular weight is 358 g/mol. The molecule has 0 saturated heterocycles. The first kappa shape index (κ1) is 16.7.